The summed E-state index contributed by atoms with van der Waals surface area (Å²) in [6, 6.07) is 1.53. The number of carbonyl (C=O) groups excluding carboxylic acids is 1. The molecule has 0 aromatic rings. The van der Waals surface area contributed by atoms with Crippen molar-refractivity contribution in [3.63, 3.8) is 0 Å². The quantitative estimate of drug-likeness (QED) is 0.610. The fourth-order valence-corrected chi connectivity index (χ4v) is 1.49. The predicted molar refractivity (Wildman–Crippen MR) is 55.3 cm³/mol. The van der Waals surface area contributed by atoms with Gasteiger partial charge in [0, 0.05) is 19.5 Å². The van der Waals surface area contributed by atoms with Crippen LogP contribution in [0.1, 0.15) is 19.8 Å². The van der Waals surface area contributed by atoms with Crippen molar-refractivity contribution < 1.29 is 13.2 Å². The second kappa shape index (κ2) is 7.20. The molecule has 0 saturated heterocycles. The highest BCUT2D eigenvalue weighted by Gasteiger charge is 2.09. The summed E-state index contributed by atoms with van der Waals surface area (Å²) < 4.78 is 24.1. The molecule has 6 nitrogen and oxygen atoms in total. The van der Waals surface area contributed by atoms with Crippen LogP contribution in [-0.2, 0) is 14.8 Å². The number of nitrogens with zero attached hydrogens (tertiary/aromatic N) is 1. The molecule has 0 atom stereocenters. The summed E-state index contributed by atoms with van der Waals surface area (Å²) in [6.07, 6.45) is 0.927. The molecule has 0 aliphatic carbocycles. The van der Waals surface area contributed by atoms with E-state index in [4.69, 9.17) is 5.26 Å². The lowest BCUT2D eigenvalue weighted by atomic mass is 10.4. The van der Waals surface area contributed by atoms with Crippen LogP contribution in [0.15, 0.2) is 0 Å². The lowest BCUT2D eigenvalue weighted by molar-refractivity contribution is -0.120. The maximum atomic E-state index is 11.0. The van der Waals surface area contributed by atoms with Gasteiger partial charge < -0.3 is 5.32 Å². The van der Waals surface area contributed by atoms with Crippen molar-refractivity contribution in [2.24, 2.45) is 0 Å². The molecular weight excluding hydrogens is 218 g/mol. The first-order valence-electron chi connectivity index (χ1n) is 4.63. The normalized spacial score (nSPS) is 10.7. The van der Waals surface area contributed by atoms with Gasteiger partial charge in [-0.15, -0.1) is 0 Å². The molecule has 0 saturated carbocycles. The third kappa shape index (κ3) is 7.90. The van der Waals surface area contributed by atoms with Crippen molar-refractivity contribution in [3.05, 3.63) is 0 Å². The Balaban J connectivity index is 3.71. The van der Waals surface area contributed by atoms with E-state index in [1.54, 1.807) is 0 Å². The van der Waals surface area contributed by atoms with Gasteiger partial charge in [-0.1, -0.05) is 6.92 Å². The van der Waals surface area contributed by atoms with Crippen molar-refractivity contribution >= 4 is 15.9 Å². The standard InChI is InChI=1S/C8H15N3O3S/c1-2-5-10-8(12)3-6-11-15(13,14)7-4-9/h11H,2-3,5-7H2,1H3,(H,10,12). The van der Waals surface area contributed by atoms with Gasteiger partial charge in [0.05, 0.1) is 6.07 Å². The van der Waals surface area contributed by atoms with Gasteiger partial charge in [-0.25, -0.2) is 13.1 Å². The maximum Gasteiger partial charge on any atom is 0.225 e. The lowest BCUT2D eigenvalue weighted by Gasteiger charge is -2.04. The molecule has 0 aliphatic heterocycles. The molecule has 7 heteroatoms. The summed E-state index contributed by atoms with van der Waals surface area (Å²) in [5.41, 5.74) is 0. The Labute approximate surface area is 89.7 Å². The molecule has 86 valence electrons. The average molecular weight is 233 g/mol. The fraction of sp³-hybridized carbons (Fsp3) is 0.750. The van der Waals surface area contributed by atoms with Crippen LogP contribution in [0.5, 0.6) is 0 Å². The minimum absolute atomic E-state index is 0.0273. The molecule has 0 spiro atoms. The summed E-state index contributed by atoms with van der Waals surface area (Å²) in [6.45, 7) is 2.54. The molecule has 0 rings (SSSR count). The number of hydrogen-bond donors (Lipinski definition) is 2. The Morgan fingerprint density at radius 1 is 1.40 bits per heavy atom. The van der Waals surface area contributed by atoms with Gasteiger partial charge in [0.1, 0.15) is 0 Å². The summed E-state index contributed by atoms with van der Waals surface area (Å²) in [7, 11) is -3.54. The number of amides is 1. The third-order valence-corrected chi connectivity index (χ3v) is 2.65. The molecule has 0 radical (unpaired) electrons. The predicted octanol–water partition coefficient (Wildman–Crippen LogP) is -0.654. The van der Waals surface area contributed by atoms with E-state index in [-0.39, 0.29) is 18.9 Å². The third-order valence-electron chi connectivity index (χ3n) is 1.50. The molecule has 0 aromatic heterocycles. The number of nitrogens with one attached hydrogen (secondary N) is 2. The van der Waals surface area contributed by atoms with Gasteiger partial charge in [-0.2, -0.15) is 5.26 Å². The van der Waals surface area contributed by atoms with Gasteiger partial charge in [0.2, 0.25) is 15.9 Å². The molecule has 0 aromatic carbocycles. The zero-order valence-electron chi connectivity index (χ0n) is 8.62. The van der Waals surface area contributed by atoms with Crippen LogP contribution in [0.3, 0.4) is 0 Å². The van der Waals surface area contributed by atoms with E-state index >= 15 is 0 Å². The van der Waals surface area contributed by atoms with Crippen molar-refractivity contribution in [1.82, 2.24) is 10.0 Å². The van der Waals surface area contributed by atoms with Crippen LogP contribution >= 0.6 is 0 Å². The van der Waals surface area contributed by atoms with Crippen LogP contribution < -0.4 is 10.0 Å². The summed E-state index contributed by atoms with van der Waals surface area (Å²) in [4.78, 5) is 11.0. The molecular formula is C8H15N3O3S. The Bertz CT molecular complexity index is 332. The van der Waals surface area contributed by atoms with Gasteiger partial charge in [-0.3, -0.25) is 4.79 Å². The minimum Gasteiger partial charge on any atom is -0.356 e. The van der Waals surface area contributed by atoms with Crippen LogP contribution in [-0.4, -0.2) is 33.2 Å². The van der Waals surface area contributed by atoms with E-state index in [1.165, 1.54) is 6.07 Å². The first kappa shape index (κ1) is 13.9. The summed E-state index contributed by atoms with van der Waals surface area (Å²) >= 11 is 0. The summed E-state index contributed by atoms with van der Waals surface area (Å²) in [5, 5.41) is 10.8. The molecule has 1 amide bonds. The van der Waals surface area contributed by atoms with Gasteiger partial charge in [0.15, 0.2) is 5.75 Å². The van der Waals surface area contributed by atoms with Crippen molar-refractivity contribution in [3.8, 4) is 6.07 Å². The first-order valence-corrected chi connectivity index (χ1v) is 6.28. The zero-order chi connectivity index (χ0) is 11.7. The molecule has 0 bridgehead atoms. The topological polar surface area (TPSA) is 99.1 Å². The average Bonchev–Trinajstić information content (AvgIpc) is 2.14. The smallest absolute Gasteiger partial charge is 0.225 e. The largest absolute Gasteiger partial charge is 0.356 e. The number of nitriles is 1. The molecule has 0 aliphatic rings. The van der Waals surface area contributed by atoms with Gasteiger partial charge >= 0.3 is 0 Å². The zero-order valence-corrected chi connectivity index (χ0v) is 9.43. The lowest BCUT2D eigenvalue weighted by Crippen LogP contribution is -2.32. The molecule has 0 heterocycles. The maximum absolute atomic E-state index is 11.0. The highest BCUT2D eigenvalue weighted by molar-refractivity contribution is 7.89. The second-order valence-electron chi connectivity index (χ2n) is 2.91. The Hall–Kier alpha value is -1.13. The number of hydrogen-bond acceptors (Lipinski definition) is 4. The monoisotopic (exact) mass is 233 g/mol. The highest BCUT2D eigenvalue weighted by Crippen LogP contribution is 1.85. The van der Waals surface area contributed by atoms with E-state index < -0.39 is 15.8 Å². The van der Waals surface area contributed by atoms with Gasteiger partial charge in [0.25, 0.3) is 0 Å². The fourth-order valence-electron chi connectivity index (χ4n) is 0.809. The van der Waals surface area contributed by atoms with Crippen LogP contribution in [0.2, 0.25) is 0 Å². The van der Waals surface area contributed by atoms with Crippen molar-refractivity contribution in [1.29, 1.82) is 5.26 Å². The van der Waals surface area contributed by atoms with E-state index in [1.807, 2.05) is 6.92 Å². The Kier molecular flexibility index (Phi) is 6.66. The minimum atomic E-state index is -3.54. The second-order valence-corrected chi connectivity index (χ2v) is 4.72. The highest BCUT2D eigenvalue weighted by atomic mass is 32.2. The van der Waals surface area contributed by atoms with E-state index in [9.17, 15) is 13.2 Å². The van der Waals surface area contributed by atoms with Crippen LogP contribution in [0.25, 0.3) is 0 Å². The van der Waals surface area contributed by atoms with Crippen molar-refractivity contribution in [2.45, 2.75) is 19.8 Å². The van der Waals surface area contributed by atoms with Gasteiger partial charge in [-0.05, 0) is 6.42 Å². The molecule has 2 N–H and O–H groups in total. The SMILES string of the molecule is CCCNC(=O)CCNS(=O)(=O)CC#N. The number of sulfonamides is 1. The molecule has 0 unspecified atom stereocenters. The molecule has 15 heavy (non-hydrogen) atoms. The number of rotatable bonds is 7. The van der Waals surface area contributed by atoms with Crippen LogP contribution in [0, 0.1) is 11.3 Å². The Morgan fingerprint density at radius 3 is 2.60 bits per heavy atom. The first-order chi connectivity index (χ1) is 7.02. The molecule has 0 fully saturated rings. The van der Waals surface area contributed by atoms with Crippen molar-refractivity contribution in [2.75, 3.05) is 18.8 Å². The van der Waals surface area contributed by atoms with E-state index in [0.717, 1.165) is 6.42 Å². The number of carbonyl (C=O) groups is 1. The van der Waals surface area contributed by atoms with E-state index in [0.29, 0.717) is 6.54 Å². The van der Waals surface area contributed by atoms with Crippen LogP contribution in [0.4, 0.5) is 0 Å². The Morgan fingerprint density at radius 2 is 2.07 bits per heavy atom. The summed E-state index contributed by atoms with van der Waals surface area (Å²) in [5.74, 6) is -0.777. The van der Waals surface area contributed by atoms with E-state index in [2.05, 4.69) is 10.0 Å².